The topological polar surface area (TPSA) is 84.8 Å². The normalized spacial score (nSPS) is 11.5. The summed E-state index contributed by atoms with van der Waals surface area (Å²) in [6, 6.07) is 22.1. The zero-order valence-corrected chi connectivity index (χ0v) is 21.2. The Labute approximate surface area is 219 Å². The number of hydrogen-bond donors (Lipinski definition) is 1. The second-order valence-electron chi connectivity index (χ2n) is 8.53. The van der Waals surface area contributed by atoms with Crippen LogP contribution in [0.2, 0.25) is 5.15 Å². The monoisotopic (exact) mass is 532 g/mol. The number of aryl methyl sites for hydroxylation is 2. The highest BCUT2D eigenvalue weighted by Crippen LogP contribution is 2.30. The molecule has 0 saturated carbocycles. The molecule has 6 nitrogen and oxygen atoms in total. The Morgan fingerprint density at radius 2 is 1.59 bits per heavy atom. The Hall–Kier alpha value is -3.88. The molecule has 0 fully saturated rings. The molecule has 3 aromatic carbocycles. The molecule has 5 rings (SSSR count). The molecule has 0 atom stereocenters. The minimum Gasteiger partial charge on any atom is -0.276 e. The van der Waals surface area contributed by atoms with Gasteiger partial charge in [0.2, 0.25) is 0 Å². The molecule has 5 aromatic rings. The Kier molecular flexibility index (Phi) is 7.12. The number of rotatable bonds is 8. The molecule has 1 N–H and O–H groups in total. The number of fused-ring (bicyclic) bond motifs is 1. The number of nitrogens with one attached hydrogen (secondary N) is 1. The van der Waals surface area contributed by atoms with Crippen molar-refractivity contribution in [1.29, 1.82) is 0 Å². The maximum atomic E-state index is 13.2. The minimum atomic E-state index is -3.98. The molecule has 37 heavy (non-hydrogen) atoms. The molecule has 0 unspecified atom stereocenters. The van der Waals surface area contributed by atoms with Crippen LogP contribution in [0, 0.1) is 5.82 Å². The van der Waals surface area contributed by atoms with Gasteiger partial charge in [-0.15, -0.1) is 0 Å². The number of nitrogens with zero attached hydrogens (tertiary/aromatic N) is 3. The van der Waals surface area contributed by atoms with Crippen molar-refractivity contribution in [1.82, 2.24) is 15.0 Å². The van der Waals surface area contributed by atoms with Gasteiger partial charge in [-0.3, -0.25) is 9.71 Å². The van der Waals surface area contributed by atoms with Crippen molar-refractivity contribution in [2.75, 3.05) is 4.72 Å². The van der Waals surface area contributed by atoms with E-state index in [1.54, 1.807) is 18.5 Å². The van der Waals surface area contributed by atoms with Crippen molar-refractivity contribution < 1.29 is 12.8 Å². The second-order valence-corrected chi connectivity index (χ2v) is 10.6. The molecule has 0 radical (unpaired) electrons. The van der Waals surface area contributed by atoms with E-state index in [2.05, 4.69) is 26.8 Å². The molecule has 2 aromatic heterocycles. The molecular formula is C28H22ClFN4O2S. The highest BCUT2D eigenvalue weighted by molar-refractivity contribution is 7.92. The van der Waals surface area contributed by atoms with E-state index in [9.17, 15) is 12.8 Å². The van der Waals surface area contributed by atoms with Gasteiger partial charge in [0.05, 0.1) is 27.3 Å². The van der Waals surface area contributed by atoms with Gasteiger partial charge < -0.3 is 0 Å². The predicted octanol–water partition coefficient (Wildman–Crippen LogP) is 6.46. The SMILES string of the molecule is O=S(=O)(Nc1cc(-c2ccc3ncc(CCCc4ccccc4)nc3c2)cnc1Cl)c1ccc(F)cc1. The highest BCUT2D eigenvalue weighted by Gasteiger charge is 2.17. The van der Waals surface area contributed by atoms with Crippen LogP contribution in [0.5, 0.6) is 0 Å². The summed E-state index contributed by atoms with van der Waals surface area (Å²) in [5.74, 6) is -0.528. The molecule has 0 amide bonds. The summed E-state index contributed by atoms with van der Waals surface area (Å²) in [6.07, 6.45) is 6.10. The molecule has 0 bridgehead atoms. The van der Waals surface area contributed by atoms with Gasteiger partial charge >= 0.3 is 0 Å². The lowest BCUT2D eigenvalue weighted by Crippen LogP contribution is -2.13. The van der Waals surface area contributed by atoms with E-state index in [-0.39, 0.29) is 15.7 Å². The summed E-state index contributed by atoms with van der Waals surface area (Å²) >= 11 is 6.19. The summed E-state index contributed by atoms with van der Waals surface area (Å²) < 4.78 is 41.2. The fourth-order valence-corrected chi connectivity index (χ4v) is 5.23. The second kappa shape index (κ2) is 10.6. The maximum Gasteiger partial charge on any atom is 0.261 e. The number of halogens is 2. The fraction of sp³-hybridized carbons (Fsp3) is 0.107. The summed E-state index contributed by atoms with van der Waals surface area (Å²) in [6.45, 7) is 0. The first kappa shape index (κ1) is 24.8. The molecule has 0 aliphatic carbocycles. The Bertz CT molecular complexity index is 1660. The van der Waals surface area contributed by atoms with E-state index in [4.69, 9.17) is 16.6 Å². The molecule has 0 aliphatic rings. The lowest BCUT2D eigenvalue weighted by molar-refractivity contribution is 0.599. The van der Waals surface area contributed by atoms with Crippen LogP contribution in [0.3, 0.4) is 0 Å². The first-order valence-corrected chi connectivity index (χ1v) is 13.5. The van der Waals surface area contributed by atoms with Crippen LogP contribution >= 0.6 is 11.6 Å². The molecule has 0 aliphatic heterocycles. The number of sulfonamides is 1. The molecule has 186 valence electrons. The van der Waals surface area contributed by atoms with Crippen molar-refractivity contribution in [2.45, 2.75) is 24.2 Å². The summed E-state index contributed by atoms with van der Waals surface area (Å²) in [7, 11) is -3.98. The summed E-state index contributed by atoms with van der Waals surface area (Å²) in [4.78, 5) is 13.4. The third kappa shape index (κ3) is 5.93. The van der Waals surface area contributed by atoms with E-state index in [0.717, 1.165) is 53.7 Å². The van der Waals surface area contributed by atoms with E-state index in [1.807, 2.05) is 36.4 Å². The van der Waals surface area contributed by atoms with Crippen molar-refractivity contribution in [2.24, 2.45) is 0 Å². The van der Waals surface area contributed by atoms with Crippen LogP contribution in [0.15, 0.2) is 96.2 Å². The number of hydrogen-bond acceptors (Lipinski definition) is 5. The van der Waals surface area contributed by atoms with Crippen LogP contribution < -0.4 is 4.72 Å². The van der Waals surface area contributed by atoms with Crippen molar-refractivity contribution in [3.63, 3.8) is 0 Å². The first-order chi connectivity index (χ1) is 17.9. The predicted molar refractivity (Wildman–Crippen MR) is 143 cm³/mol. The first-order valence-electron chi connectivity index (χ1n) is 11.6. The number of pyridine rings is 1. The zero-order chi connectivity index (χ0) is 25.8. The Morgan fingerprint density at radius 1 is 0.811 bits per heavy atom. The fourth-order valence-electron chi connectivity index (χ4n) is 3.96. The highest BCUT2D eigenvalue weighted by atomic mass is 35.5. The quantitative estimate of drug-likeness (QED) is 0.232. The molecule has 2 heterocycles. The van der Waals surface area contributed by atoms with Crippen LogP contribution in [0.4, 0.5) is 10.1 Å². The number of anilines is 1. The van der Waals surface area contributed by atoms with Crippen molar-refractivity contribution in [3.8, 4) is 11.1 Å². The maximum absolute atomic E-state index is 13.2. The van der Waals surface area contributed by atoms with Gasteiger partial charge in [-0.2, -0.15) is 0 Å². The van der Waals surface area contributed by atoms with Gasteiger partial charge in [0, 0.05) is 18.0 Å². The van der Waals surface area contributed by atoms with E-state index in [1.165, 1.54) is 17.7 Å². The van der Waals surface area contributed by atoms with Crippen LogP contribution in [-0.2, 0) is 22.9 Å². The average molecular weight is 533 g/mol. The van der Waals surface area contributed by atoms with Gasteiger partial charge in [0.25, 0.3) is 10.0 Å². The molecular weight excluding hydrogens is 511 g/mol. The van der Waals surface area contributed by atoms with Gasteiger partial charge in [-0.1, -0.05) is 48.0 Å². The van der Waals surface area contributed by atoms with E-state index >= 15 is 0 Å². The van der Waals surface area contributed by atoms with Crippen LogP contribution in [-0.4, -0.2) is 23.4 Å². The van der Waals surface area contributed by atoms with Crippen LogP contribution in [0.1, 0.15) is 17.7 Å². The lowest BCUT2D eigenvalue weighted by Gasteiger charge is -2.11. The van der Waals surface area contributed by atoms with Gasteiger partial charge in [0.1, 0.15) is 5.82 Å². The Morgan fingerprint density at radius 3 is 2.38 bits per heavy atom. The minimum absolute atomic E-state index is 0.00396. The smallest absolute Gasteiger partial charge is 0.261 e. The number of aromatic nitrogens is 3. The standard InChI is InChI=1S/C28H22ClFN4O2S/c29-28-27(34-37(35,36)24-12-10-22(30)11-13-24)16-21(17-32-28)20-9-14-25-26(15-20)33-23(18-31-25)8-4-7-19-5-2-1-3-6-19/h1-3,5-6,9-18,34H,4,7-8H2. The molecule has 0 spiro atoms. The molecule has 0 saturated heterocycles. The van der Waals surface area contributed by atoms with Crippen LogP contribution in [0.25, 0.3) is 22.2 Å². The van der Waals surface area contributed by atoms with Gasteiger partial charge in [-0.05, 0) is 72.9 Å². The van der Waals surface area contributed by atoms with Gasteiger partial charge in [-0.25, -0.2) is 22.8 Å². The summed E-state index contributed by atoms with van der Waals surface area (Å²) in [5.41, 5.74) is 5.24. The molecule has 9 heteroatoms. The number of benzene rings is 3. The average Bonchev–Trinajstić information content (AvgIpc) is 2.90. The zero-order valence-electron chi connectivity index (χ0n) is 19.6. The van der Waals surface area contributed by atoms with E-state index in [0.29, 0.717) is 5.56 Å². The lowest BCUT2D eigenvalue weighted by atomic mass is 10.1. The van der Waals surface area contributed by atoms with E-state index < -0.39 is 15.8 Å². The third-order valence-electron chi connectivity index (χ3n) is 5.87. The van der Waals surface area contributed by atoms with Crippen molar-refractivity contribution >= 4 is 38.3 Å². The van der Waals surface area contributed by atoms with Crippen molar-refractivity contribution in [3.05, 3.63) is 113 Å². The Balaban J connectivity index is 1.37. The third-order valence-corrected chi connectivity index (χ3v) is 7.56. The van der Waals surface area contributed by atoms with Gasteiger partial charge in [0.15, 0.2) is 5.15 Å². The summed E-state index contributed by atoms with van der Waals surface area (Å²) in [5, 5.41) is -0.00396. The largest absolute Gasteiger partial charge is 0.276 e.